The number of hydrogen-bond donors (Lipinski definition) is 2. The summed E-state index contributed by atoms with van der Waals surface area (Å²) in [5.74, 6) is 1.02. The van der Waals surface area contributed by atoms with Crippen molar-refractivity contribution in [1.82, 2.24) is 10.2 Å². The molecule has 100 valence electrons. The minimum atomic E-state index is 0.106. The van der Waals surface area contributed by atoms with E-state index < -0.39 is 0 Å². The van der Waals surface area contributed by atoms with Crippen LogP contribution in [0.2, 0.25) is 0 Å². The highest BCUT2D eigenvalue weighted by atomic mass is 16.2. The number of H-pyrrole nitrogens is 1. The molecule has 1 aliphatic carbocycles. The van der Waals surface area contributed by atoms with E-state index in [1.165, 1.54) is 6.42 Å². The van der Waals surface area contributed by atoms with Crippen LogP contribution in [0, 0.1) is 11.3 Å². The zero-order valence-electron chi connectivity index (χ0n) is 11.5. The summed E-state index contributed by atoms with van der Waals surface area (Å²) in [6, 6.07) is 0. The van der Waals surface area contributed by atoms with Crippen LogP contribution in [0.5, 0.6) is 0 Å². The van der Waals surface area contributed by atoms with Crippen LogP contribution in [0.25, 0.3) is 0 Å². The highest BCUT2D eigenvalue weighted by Crippen LogP contribution is 2.41. The normalized spacial score (nSPS) is 22.7. The Morgan fingerprint density at radius 3 is 3.00 bits per heavy atom. The molecule has 1 heterocycles. The quantitative estimate of drug-likeness (QED) is 0.864. The van der Waals surface area contributed by atoms with Crippen molar-refractivity contribution in [2.24, 2.45) is 11.3 Å². The predicted molar refractivity (Wildman–Crippen MR) is 72.3 cm³/mol. The number of carbonyl (C=O) groups is 1. The predicted octanol–water partition coefficient (Wildman–Crippen LogP) is 3.13. The standard InChI is InChI=1S/C14H23N3O/c1-4-10-9-15-17-12(10)16-13(18)11-7-5-6-8-14(11,2)3/h9,11H,4-8H2,1-3H3,(H2,15,16,17,18). The van der Waals surface area contributed by atoms with Crippen molar-refractivity contribution in [3.8, 4) is 0 Å². The molecule has 4 nitrogen and oxygen atoms in total. The molecular weight excluding hydrogens is 226 g/mol. The van der Waals surface area contributed by atoms with Crippen molar-refractivity contribution in [2.45, 2.75) is 52.9 Å². The summed E-state index contributed by atoms with van der Waals surface area (Å²) >= 11 is 0. The van der Waals surface area contributed by atoms with Gasteiger partial charge in [-0.1, -0.05) is 33.6 Å². The van der Waals surface area contributed by atoms with E-state index in [0.29, 0.717) is 0 Å². The van der Waals surface area contributed by atoms with Gasteiger partial charge in [-0.05, 0) is 24.7 Å². The second-order valence-electron chi connectivity index (χ2n) is 5.90. The van der Waals surface area contributed by atoms with Gasteiger partial charge in [-0.3, -0.25) is 9.89 Å². The summed E-state index contributed by atoms with van der Waals surface area (Å²) in [4.78, 5) is 12.4. The average Bonchev–Trinajstić information content (AvgIpc) is 2.75. The van der Waals surface area contributed by atoms with Gasteiger partial charge in [-0.15, -0.1) is 0 Å². The number of nitrogens with zero attached hydrogens (tertiary/aromatic N) is 1. The highest BCUT2D eigenvalue weighted by Gasteiger charge is 2.37. The van der Waals surface area contributed by atoms with Crippen molar-refractivity contribution < 1.29 is 4.79 Å². The van der Waals surface area contributed by atoms with E-state index >= 15 is 0 Å². The number of carbonyl (C=O) groups excluding carboxylic acids is 1. The maximum Gasteiger partial charge on any atom is 0.229 e. The summed E-state index contributed by atoms with van der Waals surface area (Å²) in [7, 11) is 0. The molecule has 2 rings (SSSR count). The Morgan fingerprint density at radius 2 is 2.33 bits per heavy atom. The lowest BCUT2D eigenvalue weighted by atomic mass is 9.68. The van der Waals surface area contributed by atoms with Crippen LogP contribution in [0.15, 0.2) is 6.20 Å². The Morgan fingerprint density at radius 1 is 1.56 bits per heavy atom. The fraction of sp³-hybridized carbons (Fsp3) is 0.714. The number of nitrogens with one attached hydrogen (secondary N) is 2. The van der Waals surface area contributed by atoms with Gasteiger partial charge in [-0.25, -0.2) is 0 Å². The number of hydrogen-bond acceptors (Lipinski definition) is 2. The minimum Gasteiger partial charge on any atom is -0.311 e. The largest absolute Gasteiger partial charge is 0.311 e. The van der Waals surface area contributed by atoms with Crippen LogP contribution in [0.3, 0.4) is 0 Å². The molecule has 0 saturated heterocycles. The van der Waals surface area contributed by atoms with Crippen LogP contribution in [-0.4, -0.2) is 16.1 Å². The first-order chi connectivity index (χ1) is 8.54. The fourth-order valence-electron chi connectivity index (χ4n) is 2.88. The van der Waals surface area contributed by atoms with Gasteiger partial charge in [0.25, 0.3) is 0 Å². The average molecular weight is 249 g/mol. The molecule has 1 aromatic rings. The van der Waals surface area contributed by atoms with Crippen molar-refractivity contribution in [2.75, 3.05) is 5.32 Å². The van der Waals surface area contributed by atoms with Gasteiger partial charge in [0.05, 0.1) is 6.20 Å². The van der Waals surface area contributed by atoms with Crippen LogP contribution >= 0.6 is 0 Å². The first-order valence-corrected chi connectivity index (χ1v) is 6.87. The maximum absolute atomic E-state index is 12.4. The molecule has 1 aromatic heterocycles. The molecule has 1 unspecified atom stereocenters. The SMILES string of the molecule is CCc1cn[nH]c1NC(=O)C1CCCCC1(C)C. The number of anilines is 1. The third-order valence-corrected chi connectivity index (χ3v) is 4.17. The number of aromatic nitrogens is 2. The number of rotatable bonds is 3. The Hall–Kier alpha value is -1.32. The zero-order valence-corrected chi connectivity index (χ0v) is 11.5. The summed E-state index contributed by atoms with van der Waals surface area (Å²) in [5, 5.41) is 9.87. The maximum atomic E-state index is 12.4. The van der Waals surface area contributed by atoms with Gasteiger partial charge < -0.3 is 5.32 Å². The highest BCUT2D eigenvalue weighted by molar-refractivity contribution is 5.92. The first-order valence-electron chi connectivity index (χ1n) is 6.87. The number of aromatic amines is 1. The van der Waals surface area contributed by atoms with E-state index in [2.05, 4.69) is 36.3 Å². The molecule has 0 spiro atoms. The molecule has 0 aliphatic heterocycles. The third-order valence-electron chi connectivity index (χ3n) is 4.17. The van der Waals surface area contributed by atoms with Crippen LogP contribution in [0.1, 0.15) is 52.0 Å². The molecule has 1 fully saturated rings. The van der Waals surface area contributed by atoms with Gasteiger partial charge in [0, 0.05) is 11.5 Å². The molecule has 1 saturated carbocycles. The smallest absolute Gasteiger partial charge is 0.229 e. The van der Waals surface area contributed by atoms with Crippen molar-refractivity contribution in [3.63, 3.8) is 0 Å². The summed E-state index contributed by atoms with van der Waals surface area (Å²) < 4.78 is 0. The Bertz CT molecular complexity index is 422. The number of aryl methyl sites for hydroxylation is 1. The van der Waals surface area contributed by atoms with E-state index in [-0.39, 0.29) is 17.2 Å². The van der Waals surface area contributed by atoms with Gasteiger partial charge in [0.1, 0.15) is 5.82 Å². The van der Waals surface area contributed by atoms with Crippen molar-refractivity contribution in [1.29, 1.82) is 0 Å². The molecule has 1 atom stereocenters. The van der Waals surface area contributed by atoms with E-state index in [1.807, 2.05) is 0 Å². The summed E-state index contributed by atoms with van der Waals surface area (Å²) in [6.07, 6.45) is 7.18. The lowest BCUT2D eigenvalue weighted by Crippen LogP contribution is -2.37. The summed E-state index contributed by atoms with van der Waals surface area (Å²) in [5.41, 5.74) is 1.17. The molecule has 0 bridgehead atoms. The lowest BCUT2D eigenvalue weighted by molar-refractivity contribution is -0.124. The Labute approximate surface area is 109 Å². The van der Waals surface area contributed by atoms with Crippen molar-refractivity contribution >= 4 is 11.7 Å². The fourth-order valence-corrected chi connectivity index (χ4v) is 2.88. The second kappa shape index (κ2) is 5.12. The lowest BCUT2D eigenvalue weighted by Gasteiger charge is -2.37. The summed E-state index contributed by atoms with van der Waals surface area (Å²) in [6.45, 7) is 6.46. The first kappa shape index (κ1) is 13.1. The topological polar surface area (TPSA) is 57.8 Å². The Balaban J connectivity index is 2.07. The van der Waals surface area contributed by atoms with Gasteiger partial charge >= 0.3 is 0 Å². The van der Waals surface area contributed by atoms with Crippen LogP contribution in [-0.2, 0) is 11.2 Å². The molecule has 1 amide bonds. The molecule has 4 heteroatoms. The minimum absolute atomic E-state index is 0.106. The molecular formula is C14H23N3O. The van der Waals surface area contributed by atoms with E-state index in [1.54, 1.807) is 6.20 Å². The molecule has 18 heavy (non-hydrogen) atoms. The van der Waals surface area contributed by atoms with Gasteiger partial charge in [-0.2, -0.15) is 5.10 Å². The van der Waals surface area contributed by atoms with Crippen LogP contribution < -0.4 is 5.32 Å². The third kappa shape index (κ3) is 2.57. The monoisotopic (exact) mass is 249 g/mol. The molecule has 0 radical (unpaired) electrons. The second-order valence-corrected chi connectivity index (χ2v) is 5.90. The Kier molecular flexibility index (Phi) is 3.73. The van der Waals surface area contributed by atoms with Crippen LogP contribution in [0.4, 0.5) is 5.82 Å². The van der Waals surface area contributed by atoms with Crippen molar-refractivity contribution in [3.05, 3.63) is 11.8 Å². The number of amides is 1. The molecule has 2 N–H and O–H groups in total. The molecule has 1 aliphatic rings. The van der Waals surface area contributed by atoms with E-state index in [9.17, 15) is 4.79 Å². The zero-order chi connectivity index (χ0) is 13.2. The van der Waals surface area contributed by atoms with E-state index in [4.69, 9.17) is 0 Å². The van der Waals surface area contributed by atoms with E-state index in [0.717, 1.165) is 37.1 Å². The van der Waals surface area contributed by atoms with Gasteiger partial charge in [0.2, 0.25) is 5.91 Å². The molecule has 0 aromatic carbocycles. The van der Waals surface area contributed by atoms with Gasteiger partial charge in [0.15, 0.2) is 0 Å².